The van der Waals surface area contributed by atoms with Crippen molar-refractivity contribution in [1.82, 2.24) is 0 Å². The molecule has 0 aliphatic rings. The fourth-order valence-electron chi connectivity index (χ4n) is 2.28. The smallest absolute Gasteiger partial charge is 0.412 e. The van der Waals surface area contributed by atoms with E-state index in [0.717, 1.165) is 11.1 Å². The average Bonchev–Trinajstić information content (AvgIpc) is 2.38. The highest BCUT2D eigenvalue weighted by Crippen LogP contribution is 2.34. The molecule has 0 unspecified atom stereocenters. The third kappa shape index (κ3) is 2.82. The Morgan fingerprint density at radius 2 is 1.50 bits per heavy atom. The molecular formula is C17H19NO2. The van der Waals surface area contributed by atoms with E-state index in [2.05, 4.69) is 0 Å². The summed E-state index contributed by atoms with van der Waals surface area (Å²) < 4.78 is 0. The van der Waals surface area contributed by atoms with Gasteiger partial charge in [-0.05, 0) is 32.4 Å². The van der Waals surface area contributed by atoms with Crippen LogP contribution in [0, 0.1) is 0 Å². The van der Waals surface area contributed by atoms with Crippen LogP contribution in [0.5, 0.6) is 0 Å². The fraction of sp³-hybridized carbons (Fsp3) is 0.235. The number of anilines is 1. The lowest BCUT2D eigenvalue weighted by molar-refractivity contribution is 0.195. The van der Waals surface area contributed by atoms with Gasteiger partial charge in [-0.25, -0.2) is 4.79 Å². The Hall–Kier alpha value is -2.29. The van der Waals surface area contributed by atoms with Crippen LogP contribution in [0.3, 0.4) is 0 Å². The largest absolute Gasteiger partial charge is 0.465 e. The normalized spacial score (nSPS) is 11.2. The Balaban J connectivity index is 2.60. The zero-order valence-electron chi connectivity index (χ0n) is 12.0. The van der Waals surface area contributed by atoms with Crippen molar-refractivity contribution in [2.75, 3.05) is 4.90 Å². The van der Waals surface area contributed by atoms with Crippen LogP contribution in [-0.4, -0.2) is 16.7 Å². The first-order valence-electron chi connectivity index (χ1n) is 6.59. The Bertz CT molecular complexity index is 600. The van der Waals surface area contributed by atoms with Crippen LogP contribution in [0.4, 0.5) is 10.5 Å². The lowest BCUT2D eigenvalue weighted by Crippen LogP contribution is -2.45. The Kier molecular flexibility index (Phi) is 3.79. The molecule has 0 radical (unpaired) electrons. The number of amides is 1. The molecule has 0 atom stereocenters. The third-order valence-electron chi connectivity index (χ3n) is 3.09. The van der Waals surface area contributed by atoms with Crippen LogP contribution in [0.2, 0.25) is 0 Å². The molecule has 0 fully saturated rings. The summed E-state index contributed by atoms with van der Waals surface area (Å²) in [6.07, 6.45) is -0.944. The van der Waals surface area contributed by atoms with Gasteiger partial charge in [-0.1, -0.05) is 48.5 Å². The molecule has 3 heteroatoms. The molecule has 0 saturated heterocycles. The molecule has 20 heavy (non-hydrogen) atoms. The van der Waals surface area contributed by atoms with Crippen LogP contribution < -0.4 is 4.90 Å². The van der Waals surface area contributed by atoms with Gasteiger partial charge in [-0.3, -0.25) is 4.90 Å². The molecule has 1 amide bonds. The average molecular weight is 269 g/mol. The van der Waals surface area contributed by atoms with Gasteiger partial charge in [-0.2, -0.15) is 0 Å². The number of para-hydroxylation sites is 1. The van der Waals surface area contributed by atoms with Crippen molar-refractivity contribution in [1.29, 1.82) is 0 Å². The van der Waals surface area contributed by atoms with Crippen molar-refractivity contribution in [2.24, 2.45) is 0 Å². The molecule has 104 valence electrons. The number of benzene rings is 2. The number of hydrogen-bond donors (Lipinski definition) is 1. The Labute approximate surface area is 119 Å². The van der Waals surface area contributed by atoms with Gasteiger partial charge in [-0.15, -0.1) is 0 Å². The summed E-state index contributed by atoms with van der Waals surface area (Å²) in [6, 6.07) is 17.4. The molecule has 2 aromatic rings. The quantitative estimate of drug-likeness (QED) is 0.863. The maximum Gasteiger partial charge on any atom is 0.412 e. The zero-order chi connectivity index (χ0) is 14.8. The SMILES string of the molecule is CC(C)(C)N(C(=O)O)c1ccccc1-c1ccccc1. The predicted octanol–water partition coefficient (Wildman–Crippen LogP) is 4.64. The van der Waals surface area contributed by atoms with Gasteiger partial charge in [0.05, 0.1) is 5.69 Å². The molecule has 2 rings (SSSR count). The fourth-order valence-corrected chi connectivity index (χ4v) is 2.28. The summed E-state index contributed by atoms with van der Waals surface area (Å²) in [5.41, 5.74) is 2.14. The van der Waals surface area contributed by atoms with Crippen molar-refractivity contribution in [2.45, 2.75) is 26.3 Å². The molecule has 0 bridgehead atoms. The minimum Gasteiger partial charge on any atom is -0.465 e. The highest BCUT2D eigenvalue weighted by Gasteiger charge is 2.29. The second-order valence-corrected chi connectivity index (χ2v) is 5.67. The summed E-state index contributed by atoms with van der Waals surface area (Å²) in [4.78, 5) is 13.1. The molecule has 0 aliphatic heterocycles. The summed E-state index contributed by atoms with van der Waals surface area (Å²) >= 11 is 0. The summed E-state index contributed by atoms with van der Waals surface area (Å²) in [5.74, 6) is 0. The van der Waals surface area contributed by atoms with Crippen molar-refractivity contribution in [3.8, 4) is 11.1 Å². The third-order valence-corrected chi connectivity index (χ3v) is 3.09. The molecule has 1 N–H and O–H groups in total. The molecular weight excluding hydrogens is 250 g/mol. The molecule has 2 aromatic carbocycles. The van der Waals surface area contributed by atoms with E-state index in [-0.39, 0.29) is 0 Å². The minimum absolute atomic E-state index is 0.503. The lowest BCUT2D eigenvalue weighted by Gasteiger charge is -2.34. The van der Waals surface area contributed by atoms with Crippen LogP contribution in [0.1, 0.15) is 20.8 Å². The maximum atomic E-state index is 11.7. The van der Waals surface area contributed by atoms with E-state index in [0.29, 0.717) is 5.69 Å². The first-order valence-corrected chi connectivity index (χ1v) is 6.59. The van der Waals surface area contributed by atoms with E-state index >= 15 is 0 Å². The van der Waals surface area contributed by atoms with Gasteiger partial charge in [0.1, 0.15) is 0 Å². The molecule has 3 nitrogen and oxygen atoms in total. The van der Waals surface area contributed by atoms with E-state index < -0.39 is 11.6 Å². The number of nitrogens with zero attached hydrogens (tertiary/aromatic N) is 1. The van der Waals surface area contributed by atoms with Crippen LogP contribution >= 0.6 is 0 Å². The Morgan fingerprint density at radius 3 is 2.05 bits per heavy atom. The van der Waals surface area contributed by atoms with Crippen LogP contribution in [-0.2, 0) is 0 Å². The Morgan fingerprint density at radius 1 is 0.950 bits per heavy atom. The molecule has 0 aliphatic carbocycles. The second-order valence-electron chi connectivity index (χ2n) is 5.67. The van der Waals surface area contributed by atoms with Crippen molar-refractivity contribution in [3.63, 3.8) is 0 Å². The van der Waals surface area contributed by atoms with E-state index in [9.17, 15) is 9.90 Å². The van der Waals surface area contributed by atoms with E-state index in [1.54, 1.807) is 0 Å². The molecule has 0 spiro atoms. The minimum atomic E-state index is -0.944. The first-order chi connectivity index (χ1) is 9.41. The summed E-state index contributed by atoms with van der Waals surface area (Å²) in [6.45, 7) is 5.68. The summed E-state index contributed by atoms with van der Waals surface area (Å²) in [5, 5.41) is 9.56. The van der Waals surface area contributed by atoms with Crippen LogP contribution in [0.25, 0.3) is 11.1 Å². The van der Waals surface area contributed by atoms with Gasteiger partial charge >= 0.3 is 6.09 Å². The highest BCUT2D eigenvalue weighted by molar-refractivity contribution is 5.94. The maximum absolute atomic E-state index is 11.7. The van der Waals surface area contributed by atoms with Crippen molar-refractivity contribution in [3.05, 3.63) is 54.6 Å². The standard InChI is InChI=1S/C17H19NO2/c1-17(2,3)18(16(19)20)15-12-8-7-11-14(15)13-9-5-4-6-10-13/h4-12H,1-3H3,(H,19,20). The number of carbonyl (C=O) groups is 1. The lowest BCUT2D eigenvalue weighted by atomic mass is 9.99. The zero-order valence-corrected chi connectivity index (χ0v) is 12.0. The van der Waals surface area contributed by atoms with Gasteiger partial charge in [0.2, 0.25) is 0 Å². The monoisotopic (exact) mass is 269 g/mol. The predicted molar refractivity (Wildman–Crippen MR) is 82.1 cm³/mol. The second kappa shape index (κ2) is 5.37. The topological polar surface area (TPSA) is 40.5 Å². The first kappa shape index (κ1) is 14.1. The molecule has 0 saturated carbocycles. The van der Waals surface area contributed by atoms with E-state index in [1.165, 1.54) is 4.90 Å². The van der Waals surface area contributed by atoms with Crippen LogP contribution in [0.15, 0.2) is 54.6 Å². The van der Waals surface area contributed by atoms with Crippen molar-refractivity contribution >= 4 is 11.8 Å². The van der Waals surface area contributed by atoms with E-state index in [1.807, 2.05) is 75.4 Å². The number of rotatable bonds is 2. The van der Waals surface area contributed by atoms with Gasteiger partial charge in [0.15, 0.2) is 0 Å². The number of carboxylic acid groups (broad SMARTS) is 1. The number of hydrogen-bond acceptors (Lipinski definition) is 1. The van der Waals surface area contributed by atoms with Crippen molar-refractivity contribution < 1.29 is 9.90 Å². The highest BCUT2D eigenvalue weighted by atomic mass is 16.4. The summed E-state index contributed by atoms with van der Waals surface area (Å²) in [7, 11) is 0. The van der Waals surface area contributed by atoms with E-state index in [4.69, 9.17) is 0 Å². The van der Waals surface area contributed by atoms with Gasteiger partial charge < -0.3 is 5.11 Å². The van der Waals surface area contributed by atoms with Gasteiger partial charge in [0.25, 0.3) is 0 Å². The molecule has 0 heterocycles. The molecule has 0 aromatic heterocycles. The van der Waals surface area contributed by atoms with Gasteiger partial charge in [0, 0.05) is 11.1 Å².